The summed E-state index contributed by atoms with van der Waals surface area (Å²) >= 11 is 0. The number of rotatable bonds is 3. The second kappa shape index (κ2) is 7.00. The lowest BCUT2D eigenvalue weighted by Crippen LogP contribution is -2.43. The van der Waals surface area contributed by atoms with Gasteiger partial charge in [-0.15, -0.1) is 0 Å². The van der Waals surface area contributed by atoms with Crippen molar-refractivity contribution in [3.8, 4) is 0 Å². The van der Waals surface area contributed by atoms with Crippen LogP contribution < -0.4 is 5.32 Å². The van der Waals surface area contributed by atoms with Crippen LogP contribution in [-0.2, 0) is 4.79 Å². The van der Waals surface area contributed by atoms with Crippen LogP contribution in [0.1, 0.15) is 23.4 Å². The average molecular weight is 349 g/mol. The first-order valence-electron chi connectivity index (χ1n) is 8.69. The van der Waals surface area contributed by atoms with E-state index in [0.717, 1.165) is 23.7 Å². The van der Waals surface area contributed by atoms with Gasteiger partial charge in [-0.05, 0) is 37.1 Å². The van der Waals surface area contributed by atoms with Crippen LogP contribution in [-0.4, -0.2) is 34.8 Å². The monoisotopic (exact) mass is 349 g/mol. The maximum Gasteiger partial charge on any atom is 0.289 e. The summed E-state index contributed by atoms with van der Waals surface area (Å²) in [6.45, 7) is 1.03. The zero-order valence-corrected chi connectivity index (χ0v) is 14.2. The van der Waals surface area contributed by atoms with E-state index >= 15 is 0 Å². The first-order chi connectivity index (χ1) is 12.7. The zero-order valence-electron chi connectivity index (χ0n) is 14.2. The van der Waals surface area contributed by atoms with Crippen LogP contribution in [0.2, 0.25) is 0 Å². The van der Waals surface area contributed by atoms with Gasteiger partial charge in [0.15, 0.2) is 5.76 Å². The van der Waals surface area contributed by atoms with Crippen molar-refractivity contribution in [2.24, 2.45) is 5.92 Å². The third-order valence-corrected chi connectivity index (χ3v) is 4.67. The number of hydrogen-bond donors (Lipinski definition) is 1. The Kier molecular flexibility index (Phi) is 4.39. The topological polar surface area (TPSA) is 75.4 Å². The predicted octanol–water partition coefficient (Wildman–Crippen LogP) is 3.32. The Balaban J connectivity index is 1.44. The Labute approximate surface area is 150 Å². The molecule has 1 atom stereocenters. The van der Waals surface area contributed by atoms with Crippen LogP contribution in [0.4, 0.5) is 5.69 Å². The van der Waals surface area contributed by atoms with Gasteiger partial charge in [0.1, 0.15) is 0 Å². The minimum Gasteiger partial charge on any atom is -0.459 e. The Bertz CT molecular complexity index is 936. The SMILES string of the molecule is O=C(Nc1cnc2ccccc2c1)C1CCCN(C(=O)c2ccco2)C1. The highest BCUT2D eigenvalue weighted by molar-refractivity contribution is 5.96. The number of para-hydroxylation sites is 1. The van der Waals surface area contributed by atoms with Gasteiger partial charge in [-0.25, -0.2) is 0 Å². The highest BCUT2D eigenvalue weighted by Gasteiger charge is 2.29. The van der Waals surface area contributed by atoms with Gasteiger partial charge in [-0.1, -0.05) is 18.2 Å². The quantitative estimate of drug-likeness (QED) is 0.787. The fourth-order valence-corrected chi connectivity index (χ4v) is 3.32. The number of hydrogen-bond acceptors (Lipinski definition) is 4. The second-order valence-electron chi connectivity index (χ2n) is 6.47. The normalized spacial score (nSPS) is 17.2. The number of fused-ring (bicyclic) bond motifs is 1. The van der Waals surface area contributed by atoms with Gasteiger partial charge in [0.25, 0.3) is 5.91 Å². The molecule has 1 aliphatic heterocycles. The third kappa shape index (κ3) is 3.31. The number of amides is 2. The van der Waals surface area contributed by atoms with E-state index in [4.69, 9.17) is 4.42 Å². The minimum absolute atomic E-state index is 0.0842. The number of likely N-dealkylation sites (tertiary alicyclic amines) is 1. The van der Waals surface area contributed by atoms with E-state index in [1.54, 1.807) is 23.2 Å². The van der Waals surface area contributed by atoms with E-state index in [1.165, 1.54) is 6.26 Å². The Morgan fingerprint density at radius 1 is 1.19 bits per heavy atom. The third-order valence-electron chi connectivity index (χ3n) is 4.67. The molecular weight excluding hydrogens is 330 g/mol. The number of benzene rings is 1. The number of furan rings is 1. The second-order valence-corrected chi connectivity index (χ2v) is 6.47. The molecule has 0 bridgehead atoms. The van der Waals surface area contributed by atoms with E-state index in [-0.39, 0.29) is 17.7 Å². The van der Waals surface area contributed by atoms with E-state index in [9.17, 15) is 9.59 Å². The first-order valence-corrected chi connectivity index (χ1v) is 8.69. The number of nitrogens with zero attached hydrogens (tertiary/aromatic N) is 2. The lowest BCUT2D eigenvalue weighted by Gasteiger charge is -2.31. The molecule has 0 spiro atoms. The summed E-state index contributed by atoms with van der Waals surface area (Å²) in [7, 11) is 0. The summed E-state index contributed by atoms with van der Waals surface area (Å²) in [5.41, 5.74) is 1.56. The molecule has 1 N–H and O–H groups in total. The maximum absolute atomic E-state index is 12.7. The van der Waals surface area contributed by atoms with Crippen LogP contribution in [0.3, 0.4) is 0 Å². The Hall–Kier alpha value is -3.15. The molecule has 2 aromatic heterocycles. The lowest BCUT2D eigenvalue weighted by molar-refractivity contribution is -0.121. The van der Waals surface area contributed by atoms with E-state index in [1.807, 2.05) is 30.3 Å². The van der Waals surface area contributed by atoms with Crippen LogP contribution in [0.5, 0.6) is 0 Å². The molecule has 0 aliphatic carbocycles. The summed E-state index contributed by atoms with van der Waals surface area (Å²) < 4.78 is 5.18. The molecule has 1 aromatic carbocycles. The molecule has 3 heterocycles. The predicted molar refractivity (Wildman–Crippen MR) is 97.7 cm³/mol. The fourth-order valence-electron chi connectivity index (χ4n) is 3.32. The number of piperidine rings is 1. The van der Waals surface area contributed by atoms with Crippen LogP contribution in [0.15, 0.2) is 59.3 Å². The van der Waals surface area contributed by atoms with Crippen LogP contribution >= 0.6 is 0 Å². The van der Waals surface area contributed by atoms with Gasteiger partial charge >= 0.3 is 0 Å². The van der Waals surface area contributed by atoms with Crippen molar-refractivity contribution in [1.82, 2.24) is 9.88 Å². The summed E-state index contributed by atoms with van der Waals surface area (Å²) in [5.74, 6) is -0.183. The number of aromatic nitrogens is 1. The number of nitrogens with one attached hydrogen (secondary N) is 1. The van der Waals surface area contributed by atoms with E-state index < -0.39 is 0 Å². The molecule has 1 fully saturated rings. The van der Waals surface area contributed by atoms with Gasteiger partial charge in [0.2, 0.25) is 5.91 Å². The summed E-state index contributed by atoms with van der Waals surface area (Å²) in [6, 6.07) is 13.0. The number of carbonyl (C=O) groups excluding carboxylic acids is 2. The largest absolute Gasteiger partial charge is 0.459 e. The van der Waals surface area contributed by atoms with Crippen LogP contribution in [0.25, 0.3) is 10.9 Å². The molecule has 4 rings (SSSR count). The highest BCUT2D eigenvalue weighted by Crippen LogP contribution is 2.22. The van der Waals surface area contributed by atoms with Gasteiger partial charge in [-0.2, -0.15) is 0 Å². The Morgan fingerprint density at radius 3 is 2.92 bits per heavy atom. The number of pyridine rings is 1. The van der Waals surface area contributed by atoms with Crippen molar-refractivity contribution >= 4 is 28.4 Å². The maximum atomic E-state index is 12.7. The van der Waals surface area contributed by atoms with Crippen molar-refractivity contribution in [2.75, 3.05) is 18.4 Å². The average Bonchev–Trinajstić information content (AvgIpc) is 3.22. The molecule has 132 valence electrons. The highest BCUT2D eigenvalue weighted by atomic mass is 16.3. The van der Waals surface area contributed by atoms with Crippen molar-refractivity contribution in [2.45, 2.75) is 12.8 Å². The molecular formula is C20H19N3O3. The fraction of sp³-hybridized carbons (Fsp3) is 0.250. The first kappa shape index (κ1) is 16.3. The van der Waals surface area contributed by atoms with E-state index in [2.05, 4.69) is 10.3 Å². The molecule has 1 unspecified atom stereocenters. The molecule has 0 saturated carbocycles. The molecule has 0 radical (unpaired) electrons. The summed E-state index contributed by atoms with van der Waals surface area (Å²) in [5, 5.41) is 3.91. The van der Waals surface area contributed by atoms with Crippen molar-refractivity contribution < 1.29 is 14.0 Å². The molecule has 1 aliphatic rings. The molecule has 6 nitrogen and oxygen atoms in total. The minimum atomic E-state index is -0.242. The van der Waals surface area contributed by atoms with Crippen molar-refractivity contribution in [3.05, 3.63) is 60.7 Å². The van der Waals surface area contributed by atoms with Crippen LogP contribution in [0, 0.1) is 5.92 Å². The standard InChI is InChI=1S/C20H19N3O3/c24-19(22-16-11-14-5-1-2-7-17(14)21-12-16)15-6-3-9-23(13-15)20(25)18-8-4-10-26-18/h1-2,4-5,7-8,10-12,15H,3,6,9,13H2,(H,22,24). The summed E-state index contributed by atoms with van der Waals surface area (Å²) in [6.07, 6.45) is 4.69. The van der Waals surface area contributed by atoms with Gasteiger partial charge in [0.05, 0.1) is 29.6 Å². The number of anilines is 1. The molecule has 2 amide bonds. The Morgan fingerprint density at radius 2 is 2.08 bits per heavy atom. The molecule has 3 aromatic rings. The number of carbonyl (C=O) groups is 2. The zero-order chi connectivity index (χ0) is 17.9. The van der Waals surface area contributed by atoms with Gasteiger partial charge < -0.3 is 14.6 Å². The molecule has 26 heavy (non-hydrogen) atoms. The summed E-state index contributed by atoms with van der Waals surface area (Å²) in [4.78, 5) is 31.1. The lowest BCUT2D eigenvalue weighted by atomic mass is 9.96. The van der Waals surface area contributed by atoms with Gasteiger partial charge in [-0.3, -0.25) is 14.6 Å². The smallest absolute Gasteiger partial charge is 0.289 e. The van der Waals surface area contributed by atoms with Gasteiger partial charge in [0, 0.05) is 18.5 Å². The van der Waals surface area contributed by atoms with Crippen molar-refractivity contribution in [3.63, 3.8) is 0 Å². The van der Waals surface area contributed by atoms with Crippen molar-refractivity contribution in [1.29, 1.82) is 0 Å². The molecule has 6 heteroatoms. The van der Waals surface area contributed by atoms with E-state index in [0.29, 0.717) is 24.5 Å². The molecule has 1 saturated heterocycles.